The lowest BCUT2D eigenvalue weighted by Crippen LogP contribution is -2.62. The number of phenols is 3. The zero-order chi connectivity index (χ0) is 30.0. The molecule has 2 aromatic carbocycles. The van der Waals surface area contributed by atoms with Crippen molar-refractivity contribution in [2.45, 2.75) is 64.0 Å². The zero-order valence-corrected chi connectivity index (χ0v) is 22.1. The van der Waals surface area contributed by atoms with Gasteiger partial charge in [0, 0.05) is 20.8 Å². The molecule has 0 bridgehead atoms. The highest BCUT2D eigenvalue weighted by Gasteiger charge is 2.51. The Hall–Kier alpha value is -4.56. The minimum Gasteiger partial charge on any atom is -0.504 e. The average molecular weight is 577 g/mol. The second-order valence-corrected chi connectivity index (χ2v) is 9.37. The van der Waals surface area contributed by atoms with Crippen LogP contribution in [0.3, 0.4) is 0 Å². The van der Waals surface area contributed by atoms with Gasteiger partial charge in [0.05, 0.1) is 12.0 Å². The van der Waals surface area contributed by atoms with Gasteiger partial charge in [0.2, 0.25) is 12.0 Å². The average Bonchev–Trinajstić information content (AvgIpc) is 2.89. The number of esters is 3. The van der Waals surface area contributed by atoms with Crippen LogP contribution in [0.15, 0.2) is 30.3 Å². The van der Waals surface area contributed by atoms with Crippen molar-refractivity contribution in [1.82, 2.24) is 0 Å². The quantitative estimate of drug-likeness (QED) is 0.209. The number of fused-ring (bicyclic) bond motifs is 1. The van der Waals surface area contributed by atoms with E-state index in [2.05, 4.69) is 0 Å². The van der Waals surface area contributed by atoms with Crippen LogP contribution in [0.5, 0.6) is 28.7 Å². The van der Waals surface area contributed by atoms with E-state index in [4.69, 9.17) is 28.4 Å². The van der Waals surface area contributed by atoms with Gasteiger partial charge in [-0.3, -0.25) is 19.2 Å². The molecule has 0 aliphatic carbocycles. The number of ether oxygens (including phenoxy) is 6. The molecule has 14 heteroatoms. The molecule has 0 radical (unpaired) electrons. The highest BCUT2D eigenvalue weighted by atomic mass is 16.7. The minimum absolute atomic E-state index is 0.0397. The SMILES string of the molecule is CC(=O)OCC1OC(Oc2ccc3c(c2O)OC(c2ccc(O)c(O)c2)CC3=O)C(OC(C)=O)C(O)C1OC(C)=O. The first-order chi connectivity index (χ1) is 19.3. The van der Waals surface area contributed by atoms with Crippen LogP contribution >= 0.6 is 0 Å². The number of Topliss-reactive ketones (excluding diaryl/α,β-unsaturated/α-hetero) is 1. The Morgan fingerprint density at radius 2 is 1.61 bits per heavy atom. The molecule has 0 amide bonds. The van der Waals surface area contributed by atoms with Crippen molar-refractivity contribution in [3.8, 4) is 28.7 Å². The molecule has 1 fully saturated rings. The van der Waals surface area contributed by atoms with Gasteiger partial charge in [0.15, 0.2) is 41.0 Å². The molecule has 2 aliphatic rings. The fourth-order valence-corrected chi connectivity index (χ4v) is 4.48. The van der Waals surface area contributed by atoms with Crippen molar-refractivity contribution in [1.29, 1.82) is 0 Å². The monoisotopic (exact) mass is 576 g/mol. The van der Waals surface area contributed by atoms with Gasteiger partial charge in [-0.15, -0.1) is 0 Å². The number of hydrogen-bond acceptors (Lipinski definition) is 14. The number of carbonyl (C=O) groups excluding carboxylic acids is 4. The summed E-state index contributed by atoms with van der Waals surface area (Å²) < 4.78 is 32.7. The van der Waals surface area contributed by atoms with E-state index in [1.807, 2.05) is 0 Å². The number of aliphatic hydroxyl groups is 1. The van der Waals surface area contributed by atoms with Gasteiger partial charge in [0.25, 0.3) is 0 Å². The minimum atomic E-state index is -1.70. The predicted molar refractivity (Wildman–Crippen MR) is 133 cm³/mol. The van der Waals surface area contributed by atoms with Crippen LogP contribution in [0.1, 0.15) is 49.2 Å². The second-order valence-electron chi connectivity index (χ2n) is 9.37. The maximum Gasteiger partial charge on any atom is 0.303 e. The van der Waals surface area contributed by atoms with Gasteiger partial charge >= 0.3 is 17.9 Å². The number of ketones is 1. The van der Waals surface area contributed by atoms with E-state index >= 15 is 0 Å². The van der Waals surface area contributed by atoms with Crippen molar-refractivity contribution in [2.24, 2.45) is 0 Å². The number of carbonyl (C=O) groups is 4. The zero-order valence-electron chi connectivity index (χ0n) is 22.1. The maximum absolute atomic E-state index is 12.8. The maximum atomic E-state index is 12.8. The summed E-state index contributed by atoms with van der Waals surface area (Å²) in [7, 11) is 0. The van der Waals surface area contributed by atoms with Crippen molar-refractivity contribution < 1.29 is 68.0 Å². The molecule has 2 aromatic rings. The molecule has 0 saturated carbocycles. The van der Waals surface area contributed by atoms with Crippen LogP contribution in [0.25, 0.3) is 0 Å². The Kier molecular flexibility index (Phi) is 8.54. The molecule has 2 heterocycles. The van der Waals surface area contributed by atoms with E-state index in [-0.39, 0.29) is 29.2 Å². The molecule has 0 spiro atoms. The predicted octanol–water partition coefficient (Wildman–Crippen LogP) is 1.40. The fraction of sp³-hybridized carbons (Fsp3) is 0.407. The smallest absolute Gasteiger partial charge is 0.303 e. The molecule has 41 heavy (non-hydrogen) atoms. The Labute approximate surface area is 232 Å². The first-order valence-electron chi connectivity index (χ1n) is 12.4. The second kappa shape index (κ2) is 11.9. The van der Waals surface area contributed by atoms with E-state index in [1.165, 1.54) is 30.3 Å². The summed E-state index contributed by atoms with van der Waals surface area (Å²) in [4.78, 5) is 47.8. The van der Waals surface area contributed by atoms with Crippen molar-refractivity contribution in [2.75, 3.05) is 6.61 Å². The molecule has 220 valence electrons. The lowest BCUT2D eigenvalue weighted by atomic mass is 9.95. The Morgan fingerprint density at radius 3 is 2.24 bits per heavy atom. The highest BCUT2D eigenvalue weighted by Crippen LogP contribution is 2.47. The molecule has 6 unspecified atom stereocenters. The van der Waals surface area contributed by atoms with Gasteiger partial charge in [0.1, 0.15) is 24.9 Å². The van der Waals surface area contributed by atoms with Crippen LogP contribution < -0.4 is 9.47 Å². The Bertz CT molecular complexity index is 1350. The molecule has 1 saturated heterocycles. The highest BCUT2D eigenvalue weighted by molar-refractivity contribution is 6.01. The lowest BCUT2D eigenvalue weighted by Gasteiger charge is -2.42. The number of phenolic OH excluding ortho intramolecular Hbond substituents is 3. The van der Waals surface area contributed by atoms with Gasteiger partial charge in [-0.05, 0) is 29.8 Å². The molecule has 6 atom stereocenters. The number of hydrogen-bond donors (Lipinski definition) is 4. The third-order valence-electron chi connectivity index (χ3n) is 6.31. The van der Waals surface area contributed by atoms with Crippen LogP contribution in [-0.4, -0.2) is 81.4 Å². The fourth-order valence-electron chi connectivity index (χ4n) is 4.48. The van der Waals surface area contributed by atoms with E-state index in [0.29, 0.717) is 5.56 Å². The van der Waals surface area contributed by atoms with Crippen LogP contribution in [0, 0.1) is 0 Å². The molecule has 14 nitrogen and oxygen atoms in total. The summed E-state index contributed by atoms with van der Waals surface area (Å²) in [6.45, 7) is 2.81. The number of aliphatic hydroxyl groups excluding tert-OH is 1. The number of rotatable bonds is 7. The summed E-state index contributed by atoms with van der Waals surface area (Å²) in [5.41, 5.74) is 0.390. The van der Waals surface area contributed by atoms with Gasteiger partial charge < -0.3 is 48.8 Å². The molecular weight excluding hydrogens is 548 g/mol. The topological polar surface area (TPSA) is 205 Å². The first-order valence-corrected chi connectivity index (χ1v) is 12.4. The Morgan fingerprint density at radius 1 is 0.927 bits per heavy atom. The van der Waals surface area contributed by atoms with Crippen molar-refractivity contribution in [3.05, 3.63) is 41.5 Å². The van der Waals surface area contributed by atoms with Crippen molar-refractivity contribution >= 4 is 23.7 Å². The Balaban J connectivity index is 1.65. The van der Waals surface area contributed by atoms with E-state index in [9.17, 15) is 39.6 Å². The molecule has 4 rings (SSSR count). The summed E-state index contributed by atoms with van der Waals surface area (Å²) in [6, 6.07) is 6.46. The number of benzene rings is 2. The van der Waals surface area contributed by atoms with E-state index < -0.39 is 78.6 Å². The van der Waals surface area contributed by atoms with Gasteiger partial charge in [-0.2, -0.15) is 0 Å². The molecule has 0 aromatic heterocycles. The molecular formula is C27H28O14. The molecule has 2 aliphatic heterocycles. The van der Waals surface area contributed by atoms with Crippen LogP contribution in [0.2, 0.25) is 0 Å². The van der Waals surface area contributed by atoms with Crippen LogP contribution in [-0.2, 0) is 33.3 Å². The summed E-state index contributed by atoms with van der Waals surface area (Å²) in [5, 5.41) is 41.5. The summed E-state index contributed by atoms with van der Waals surface area (Å²) in [6.07, 6.45) is -8.63. The van der Waals surface area contributed by atoms with Crippen LogP contribution in [0.4, 0.5) is 0 Å². The standard InChI is InChI=1S/C27H28O14/c1-11(28)36-10-21-25(37-12(2)29)23(35)26(38-13(3)30)27(41-21)40-19-7-5-15-17(32)9-20(39-24(15)22(19)34)14-4-6-16(31)18(33)8-14/h4-8,20-21,23,25-27,31,33-35H,9-10H2,1-3H3. The van der Waals surface area contributed by atoms with Gasteiger partial charge in [-0.25, -0.2) is 0 Å². The summed E-state index contributed by atoms with van der Waals surface area (Å²) >= 11 is 0. The molecule has 4 N–H and O–H groups in total. The van der Waals surface area contributed by atoms with Gasteiger partial charge in [-0.1, -0.05) is 6.07 Å². The summed E-state index contributed by atoms with van der Waals surface area (Å²) in [5.74, 6) is -4.66. The lowest BCUT2D eigenvalue weighted by molar-refractivity contribution is -0.285. The third kappa shape index (κ3) is 6.44. The van der Waals surface area contributed by atoms with E-state index in [1.54, 1.807) is 0 Å². The first kappa shape index (κ1) is 29.4. The van der Waals surface area contributed by atoms with Crippen molar-refractivity contribution in [3.63, 3.8) is 0 Å². The largest absolute Gasteiger partial charge is 0.504 e. The van der Waals surface area contributed by atoms with E-state index in [0.717, 1.165) is 20.8 Å². The normalized spacial score (nSPS) is 25.3. The third-order valence-corrected chi connectivity index (χ3v) is 6.31. The number of aromatic hydroxyl groups is 3.